The zero-order valence-corrected chi connectivity index (χ0v) is 15.5. The van der Waals surface area contributed by atoms with Gasteiger partial charge in [0, 0.05) is 37.7 Å². The van der Waals surface area contributed by atoms with Crippen molar-refractivity contribution in [2.24, 2.45) is 5.92 Å². The van der Waals surface area contributed by atoms with E-state index in [0.29, 0.717) is 44.5 Å². The van der Waals surface area contributed by atoms with Crippen molar-refractivity contribution < 1.29 is 14.7 Å². The summed E-state index contributed by atoms with van der Waals surface area (Å²) in [7, 11) is 0. The van der Waals surface area contributed by atoms with Gasteiger partial charge in [-0.3, -0.25) is 9.59 Å². The number of carbonyl (C=O) groups excluding carboxylic acids is 2. The summed E-state index contributed by atoms with van der Waals surface area (Å²) in [5.74, 6) is 0.0423. The van der Waals surface area contributed by atoms with Crippen LogP contribution in [0.1, 0.15) is 56.0 Å². The van der Waals surface area contributed by atoms with E-state index in [4.69, 9.17) is 5.11 Å². The van der Waals surface area contributed by atoms with Crippen molar-refractivity contribution in [3.8, 4) is 0 Å². The molecule has 5 nitrogen and oxygen atoms in total. The first-order valence-corrected chi connectivity index (χ1v) is 9.11. The van der Waals surface area contributed by atoms with Gasteiger partial charge in [-0.2, -0.15) is 0 Å². The number of likely N-dealkylation sites (tertiary alicyclic amines) is 1. The van der Waals surface area contributed by atoms with Crippen molar-refractivity contribution in [3.05, 3.63) is 35.4 Å². The topological polar surface area (TPSA) is 69.6 Å². The number of nitrogens with one attached hydrogen (secondary N) is 1. The number of rotatable bonds is 5. The number of nitrogens with zero attached hydrogens (tertiary/aromatic N) is 1. The van der Waals surface area contributed by atoms with Crippen LogP contribution in [0.3, 0.4) is 0 Å². The van der Waals surface area contributed by atoms with Crippen LogP contribution in [0.2, 0.25) is 0 Å². The molecule has 25 heavy (non-hydrogen) atoms. The van der Waals surface area contributed by atoms with Crippen molar-refractivity contribution in [1.29, 1.82) is 0 Å². The number of hydrogen-bond donors (Lipinski definition) is 2. The molecule has 1 fully saturated rings. The predicted molar refractivity (Wildman–Crippen MR) is 98.5 cm³/mol. The van der Waals surface area contributed by atoms with Crippen molar-refractivity contribution >= 4 is 11.8 Å². The van der Waals surface area contributed by atoms with Crippen LogP contribution >= 0.6 is 0 Å². The van der Waals surface area contributed by atoms with Crippen LogP contribution < -0.4 is 5.32 Å². The SMILES string of the molecule is CC(C)(C)c1ccc(C(=O)N2CCC(C(=O)NCCCO)CC2)cc1. The van der Waals surface area contributed by atoms with Gasteiger partial charge in [0.2, 0.25) is 5.91 Å². The van der Waals surface area contributed by atoms with Crippen LogP contribution in [-0.4, -0.2) is 48.1 Å². The molecule has 1 aromatic rings. The molecule has 0 atom stereocenters. The zero-order chi connectivity index (χ0) is 18.4. The van der Waals surface area contributed by atoms with E-state index in [1.165, 1.54) is 5.56 Å². The van der Waals surface area contributed by atoms with Crippen LogP contribution in [0.5, 0.6) is 0 Å². The number of carbonyl (C=O) groups is 2. The third kappa shape index (κ3) is 5.30. The van der Waals surface area contributed by atoms with Gasteiger partial charge >= 0.3 is 0 Å². The highest BCUT2D eigenvalue weighted by molar-refractivity contribution is 5.94. The van der Waals surface area contributed by atoms with Crippen LogP contribution in [0, 0.1) is 5.92 Å². The smallest absolute Gasteiger partial charge is 0.253 e. The molecule has 0 aromatic heterocycles. The highest BCUT2D eigenvalue weighted by Gasteiger charge is 2.27. The standard InChI is InChI=1S/C20H30N2O3/c1-20(2,3)17-7-5-16(6-8-17)19(25)22-12-9-15(10-13-22)18(24)21-11-4-14-23/h5-8,15,23H,4,9-14H2,1-3H3,(H,21,24). The molecular weight excluding hydrogens is 316 g/mol. The van der Waals surface area contributed by atoms with Gasteiger partial charge in [-0.05, 0) is 42.4 Å². The molecule has 0 bridgehead atoms. The van der Waals surface area contributed by atoms with Gasteiger partial charge in [0.05, 0.1) is 0 Å². The number of aliphatic hydroxyl groups excluding tert-OH is 1. The van der Waals surface area contributed by atoms with Crippen LogP contribution in [-0.2, 0) is 10.2 Å². The fraction of sp³-hybridized carbons (Fsp3) is 0.600. The van der Waals surface area contributed by atoms with Crippen molar-refractivity contribution in [2.75, 3.05) is 26.2 Å². The molecule has 0 radical (unpaired) electrons. The van der Waals surface area contributed by atoms with E-state index in [9.17, 15) is 9.59 Å². The Balaban J connectivity index is 1.87. The summed E-state index contributed by atoms with van der Waals surface area (Å²) in [6.07, 6.45) is 1.96. The van der Waals surface area contributed by atoms with Gasteiger partial charge in [0.25, 0.3) is 5.91 Å². The molecule has 0 unspecified atom stereocenters. The van der Waals surface area contributed by atoms with Gasteiger partial charge in [0.1, 0.15) is 0 Å². The number of aliphatic hydroxyl groups is 1. The lowest BCUT2D eigenvalue weighted by Crippen LogP contribution is -2.43. The minimum Gasteiger partial charge on any atom is -0.396 e. The van der Waals surface area contributed by atoms with Crippen LogP contribution in [0.25, 0.3) is 0 Å². The Kier molecular flexibility index (Phi) is 6.59. The minimum absolute atomic E-state index is 0.0361. The van der Waals surface area contributed by atoms with E-state index in [-0.39, 0.29) is 29.8 Å². The minimum atomic E-state index is -0.0361. The summed E-state index contributed by atoms with van der Waals surface area (Å²) in [5.41, 5.74) is 1.99. The second kappa shape index (κ2) is 8.48. The largest absolute Gasteiger partial charge is 0.396 e. The molecular formula is C20H30N2O3. The quantitative estimate of drug-likeness (QED) is 0.804. The molecule has 138 valence electrons. The summed E-state index contributed by atoms with van der Waals surface area (Å²) < 4.78 is 0. The maximum Gasteiger partial charge on any atom is 0.253 e. The van der Waals surface area contributed by atoms with E-state index >= 15 is 0 Å². The lowest BCUT2D eigenvalue weighted by Gasteiger charge is -2.31. The number of benzene rings is 1. The Morgan fingerprint density at radius 2 is 1.76 bits per heavy atom. The van der Waals surface area contributed by atoms with Gasteiger partial charge in [-0.1, -0.05) is 32.9 Å². The molecule has 5 heteroatoms. The second-order valence-electron chi connectivity index (χ2n) is 7.76. The molecule has 1 aliphatic rings. The molecule has 1 aliphatic heterocycles. The average molecular weight is 346 g/mol. The Bertz CT molecular complexity index is 582. The van der Waals surface area contributed by atoms with E-state index in [0.717, 1.165) is 0 Å². The molecule has 2 amide bonds. The third-order valence-electron chi connectivity index (χ3n) is 4.78. The monoisotopic (exact) mass is 346 g/mol. The number of piperidine rings is 1. The van der Waals surface area contributed by atoms with Gasteiger partial charge in [-0.25, -0.2) is 0 Å². The number of amides is 2. The Hall–Kier alpha value is -1.88. The van der Waals surface area contributed by atoms with Crippen molar-refractivity contribution in [2.45, 2.75) is 45.4 Å². The van der Waals surface area contributed by atoms with Crippen molar-refractivity contribution in [1.82, 2.24) is 10.2 Å². The average Bonchev–Trinajstić information content (AvgIpc) is 2.61. The molecule has 1 heterocycles. The second-order valence-corrected chi connectivity index (χ2v) is 7.76. The summed E-state index contributed by atoms with van der Waals surface area (Å²) in [6, 6.07) is 7.84. The van der Waals surface area contributed by atoms with Crippen molar-refractivity contribution in [3.63, 3.8) is 0 Å². The Labute approximate surface area is 150 Å². The third-order valence-corrected chi connectivity index (χ3v) is 4.78. The summed E-state index contributed by atoms with van der Waals surface area (Å²) >= 11 is 0. The highest BCUT2D eigenvalue weighted by Crippen LogP contribution is 2.24. The van der Waals surface area contributed by atoms with E-state index in [1.807, 2.05) is 29.2 Å². The summed E-state index contributed by atoms with van der Waals surface area (Å²) in [5, 5.41) is 11.6. The molecule has 0 aliphatic carbocycles. The molecule has 2 rings (SSSR count). The van der Waals surface area contributed by atoms with E-state index in [2.05, 4.69) is 26.1 Å². The van der Waals surface area contributed by atoms with Gasteiger partial charge in [-0.15, -0.1) is 0 Å². The van der Waals surface area contributed by atoms with E-state index in [1.54, 1.807) is 0 Å². The molecule has 0 spiro atoms. The first-order valence-electron chi connectivity index (χ1n) is 9.11. The molecule has 1 aromatic carbocycles. The first kappa shape index (κ1) is 19.4. The molecule has 2 N–H and O–H groups in total. The molecule has 0 saturated carbocycles. The van der Waals surface area contributed by atoms with Gasteiger partial charge in [0.15, 0.2) is 0 Å². The Morgan fingerprint density at radius 3 is 2.28 bits per heavy atom. The predicted octanol–water partition coefficient (Wildman–Crippen LogP) is 2.33. The van der Waals surface area contributed by atoms with Gasteiger partial charge < -0.3 is 15.3 Å². The lowest BCUT2D eigenvalue weighted by molar-refractivity contribution is -0.126. The first-order chi connectivity index (χ1) is 11.8. The Morgan fingerprint density at radius 1 is 1.16 bits per heavy atom. The lowest BCUT2D eigenvalue weighted by atomic mass is 9.86. The van der Waals surface area contributed by atoms with Crippen LogP contribution in [0.4, 0.5) is 0 Å². The molecule has 1 saturated heterocycles. The van der Waals surface area contributed by atoms with E-state index < -0.39 is 0 Å². The fourth-order valence-corrected chi connectivity index (χ4v) is 3.08. The number of hydrogen-bond acceptors (Lipinski definition) is 3. The maximum atomic E-state index is 12.6. The summed E-state index contributed by atoms with van der Waals surface area (Å²) in [6.45, 7) is 8.27. The maximum absolute atomic E-state index is 12.6. The van der Waals surface area contributed by atoms with Crippen LogP contribution in [0.15, 0.2) is 24.3 Å². The fourth-order valence-electron chi connectivity index (χ4n) is 3.08. The zero-order valence-electron chi connectivity index (χ0n) is 15.5. The normalized spacial score (nSPS) is 15.9. The summed E-state index contributed by atoms with van der Waals surface area (Å²) in [4.78, 5) is 26.5. The highest BCUT2D eigenvalue weighted by atomic mass is 16.3.